The van der Waals surface area contributed by atoms with Crippen LogP contribution >= 0.6 is 0 Å². The molecule has 2 aromatic heterocycles. The summed E-state index contributed by atoms with van der Waals surface area (Å²) in [6.45, 7) is 0.934. The molecule has 0 amide bonds. The second-order valence-electron chi connectivity index (χ2n) is 9.16. The molecule has 2 aliphatic rings. The summed E-state index contributed by atoms with van der Waals surface area (Å²) in [5, 5.41) is 13.8. The van der Waals surface area contributed by atoms with Crippen molar-refractivity contribution in [1.29, 1.82) is 0 Å². The van der Waals surface area contributed by atoms with Gasteiger partial charge < -0.3 is 10.0 Å². The van der Waals surface area contributed by atoms with E-state index in [1.165, 1.54) is 28.5 Å². The fourth-order valence-corrected chi connectivity index (χ4v) is 6.38. The van der Waals surface area contributed by atoms with Gasteiger partial charge in [0.05, 0.1) is 22.7 Å². The standard InChI is InChI=1S/C21H21F5N6O3S/c1-30-18-12(16(29-30)11-8-13(21(24,25)26)15(23)17(33)14(11)22)9-27-19(28-18)31-6-7-32(36(2,34)35)20(10-31)4-3-5-20/h8-9,33H,3-7,10H2,1-2H3. The van der Waals surface area contributed by atoms with Gasteiger partial charge >= 0.3 is 6.18 Å². The van der Waals surface area contributed by atoms with Crippen LogP contribution in [0.4, 0.5) is 27.9 Å². The Bertz CT molecular complexity index is 1490. The monoisotopic (exact) mass is 532 g/mol. The molecule has 1 aromatic carbocycles. The van der Waals surface area contributed by atoms with E-state index in [4.69, 9.17) is 0 Å². The average molecular weight is 532 g/mol. The van der Waals surface area contributed by atoms with E-state index in [1.807, 2.05) is 4.90 Å². The number of phenolic OH excluding ortho intramolecular Hbond substituents is 1. The van der Waals surface area contributed by atoms with Crippen LogP contribution in [0, 0.1) is 11.6 Å². The molecule has 0 bridgehead atoms. The van der Waals surface area contributed by atoms with Crippen LogP contribution in [0.5, 0.6) is 5.75 Å². The Balaban J connectivity index is 1.56. The lowest BCUT2D eigenvalue weighted by atomic mass is 9.75. The SMILES string of the molecule is Cn1nc(-c2cc(C(F)(F)F)c(F)c(O)c2F)c2cnc(N3CCN(S(C)(=O)=O)C4(CCC4)C3)nc21. The van der Waals surface area contributed by atoms with Gasteiger partial charge in [-0.2, -0.15) is 27.6 Å². The minimum Gasteiger partial charge on any atom is -0.503 e. The lowest BCUT2D eigenvalue weighted by molar-refractivity contribution is -0.140. The highest BCUT2D eigenvalue weighted by atomic mass is 32.2. The summed E-state index contributed by atoms with van der Waals surface area (Å²) >= 11 is 0. The van der Waals surface area contributed by atoms with Gasteiger partial charge in [0, 0.05) is 38.4 Å². The maximum absolute atomic E-state index is 14.7. The predicted octanol–water partition coefficient (Wildman–Crippen LogP) is 3.04. The number of hydrogen-bond acceptors (Lipinski definition) is 7. The van der Waals surface area contributed by atoms with Crippen LogP contribution in [0.1, 0.15) is 24.8 Å². The molecule has 0 radical (unpaired) electrons. The van der Waals surface area contributed by atoms with E-state index in [0.717, 1.165) is 6.42 Å². The van der Waals surface area contributed by atoms with E-state index in [9.17, 15) is 35.5 Å². The molecule has 1 saturated carbocycles. The first-order valence-electron chi connectivity index (χ1n) is 10.9. The predicted molar refractivity (Wildman–Crippen MR) is 119 cm³/mol. The van der Waals surface area contributed by atoms with Crippen LogP contribution in [-0.2, 0) is 23.2 Å². The second kappa shape index (κ2) is 7.96. The van der Waals surface area contributed by atoms with Crippen molar-refractivity contribution in [3.05, 3.63) is 29.5 Å². The van der Waals surface area contributed by atoms with E-state index in [2.05, 4.69) is 15.1 Å². The normalized spacial score (nSPS) is 18.7. The zero-order valence-electron chi connectivity index (χ0n) is 19.1. The molecule has 3 heterocycles. The molecular formula is C21H21F5N6O3S. The highest BCUT2D eigenvalue weighted by molar-refractivity contribution is 7.88. The number of piperazine rings is 1. The number of hydrogen-bond donors (Lipinski definition) is 1. The van der Waals surface area contributed by atoms with E-state index in [-0.39, 0.29) is 35.3 Å². The summed E-state index contributed by atoms with van der Waals surface area (Å²) in [6.07, 6.45) is -0.444. The third kappa shape index (κ3) is 3.75. The van der Waals surface area contributed by atoms with Crippen molar-refractivity contribution < 1.29 is 35.5 Å². The Morgan fingerprint density at radius 3 is 2.42 bits per heavy atom. The van der Waals surface area contributed by atoms with Gasteiger partial charge in [-0.3, -0.25) is 0 Å². The summed E-state index contributed by atoms with van der Waals surface area (Å²) in [5.74, 6) is -5.20. The van der Waals surface area contributed by atoms with Crippen LogP contribution in [0.25, 0.3) is 22.3 Å². The van der Waals surface area contributed by atoms with E-state index < -0.39 is 50.2 Å². The first-order valence-corrected chi connectivity index (χ1v) is 12.8. The molecule has 194 valence electrons. The van der Waals surface area contributed by atoms with Crippen molar-refractivity contribution in [3.63, 3.8) is 0 Å². The van der Waals surface area contributed by atoms with Crippen molar-refractivity contribution in [2.75, 3.05) is 30.8 Å². The third-order valence-electron chi connectivity index (χ3n) is 6.86. The van der Waals surface area contributed by atoms with Crippen LogP contribution < -0.4 is 4.90 Å². The largest absolute Gasteiger partial charge is 0.503 e. The molecule has 9 nitrogen and oxygen atoms in total. The fraction of sp³-hybridized carbons (Fsp3) is 0.476. The molecule has 1 saturated heterocycles. The molecule has 2 fully saturated rings. The topological polar surface area (TPSA) is 104 Å². The van der Waals surface area contributed by atoms with E-state index >= 15 is 0 Å². The quantitative estimate of drug-likeness (QED) is 0.517. The molecule has 1 spiro atoms. The molecule has 15 heteroatoms. The molecule has 0 unspecified atom stereocenters. The number of aryl methyl sites for hydroxylation is 1. The zero-order chi connectivity index (χ0) is 26.2. The van der Waals surface area contributed by atoms with Gasteiger partial charge in [0.15, 0.2) is 23.0 Å². The highest BCUT2D eigenvalue weighted by Gasteiger charge is 2.50. The molecule has 36 heavy (non-hydrogen) atoms. The van der Waals surface area contributed by atoms with E-state index in [0.29, 0.717) is 25.9 Å². The van der Waals surface area contributed by atoms with Gasteiger partial charge in [-0.05, 0) is 25.3 Å². The van der Waals surface area contributed by atoms with Crippen LogP contribution in [-0.4, -0.2) is 69.0 Å². The second-order valence-corrected chi connectivity index (χ2v) is 11.1. The van der Waals surface area contributed by atoms with Crippen molar-refractivity contribution in [3.8, 4) is 17.0 Å². The first kappa shape index (κ1) is 24.6. The maximum Gasteiger partial charge on any atom is 0.419 e. The Labute approximate surface area is 202 Å². The number of benzene rings is 1. The Hall–Kier alpha value is -3.07. The number of halogens is 5. The van der Waals surface area contributed by atoms with Gasteiger partial charge in [0.2, 0.25) is 16.0 Å². The number of aromatic hydroxyl groups is 1. The summed E-state index contributed by atoms with van der Waals surface area (Å²) in [7, 11) is -1.96. The Kier molecular flexibility index (Phi) is 5.45. The molecular weight excluding hydrogens is 511 g/mol. The Morgan fingerprint density at radius 2 is 1.83 bits per heavy atom. The number of rotatable bonds is 3. The van der Waals surface area contributed by atoms with Crippen molar-refractivity contribution in [1.82, 2.24) is 24.1 Å². The minimum absolute atomic E-state index is 0.0902. The van der Waals surface area contributed by atoms with Crippen LogP contribution in [0.15, 0.2) is 12.3 Å². The molecule has 1 N–H and O–H groups in total. The van der Waals surface area contributed by atoms with Crippen molar-refractivity contribution in [2.24, 2.45) is 7.05 Å². The molecule has 0 atom stereocenters. The zero-order valence-corrected chi connectivity index (χ0v) is 20.0. The van der Waals surface area contributed by atoms with Gasteiger partial charge in [0.1, 0.15) is 5.69 Å². The van der Waals surface area contributed by atoms with Gasteiger partial charge in [-0.1, -0.05) is 0 Å². The summed E-state index contributed by atoms with van der Waals surface area (Å²) < 4.78 is 95.7. The summed E-state index contributed by atoms with van der Waals surface area (Å²) in [5.41, 5.74) is -3.26. The third-order valence-corrected chi connectivity index (χ3v) is 8.23. The highest BCUT2D eigenvalue weighted by Crippen LogP contribution is 2.43. The number of fused-ring (bicyclic) bond motifs is 1. The lowest BCUT2D eigenvalue weighted by Crippen LogP contribution is -2.67. The summed E-state index contributed by atoms with van der Waals surface area (Å²) in [6, 6.07) is 0.255. The maximum atomic E-state index is 14.7. The molecule has 1 aliphatic heterocycles. The van der Waals surface area contributed by atoms with Gasteiger partial charge in [-0.15, -0.1) is 0 Å². The van der Waals surface area contributed by atoms with Gasteiger partial charge in [-0.25, -0.2) is 26.9 Å². The van der Waals surface area contributed by atoms with Gasteiger partial charge in [0.25, 0.3) is 0 Å². The molecule has 1 aliphatic carbocycles. The first-order chi connectivity index (χ1) is 16.7. The fourth-order valence-electron chi connectivity index (χ4n) is 5.02. The van der Waals surface area contributed by atoms with Crippen molar-refractivity contribution >= 4 is 27.0 Å². The smallest absolute Gasteiger partial charge is 0.419 e. The number of alkyl halides is 3. The summed E-state index contributed by atoms with van der Waals surface area (Å²) in [4.78, 5) is 10.6. The average Bonchev–Trinajstić information content (AvgIpc) is 3.10. The Morgan fingerprint density at radius 1 is 1.14 bits per heavy atom. The number of nitrogens with zero attached hydrogens (tertiary/aromatic N) is 6. The van der Waals surface area contributed by atoms with Crippen LogP contribution in [0.3, 0.4) is 0 Å². The number of sulfonamides is 1. The molecule has 5 rings (SSSR count). The molecule has 3 aromatic rings. The van der Waals surface area contributed by atoms with Crippen LogP contribution in [0.2, 0.25) is 0 Å². The number of anilines is 1. The number of aromatic nitrogens is 4. The van der Waals surface area contributed by atoms with E-state index in [1.54, 1.807) is 0 Å². The lowest BCUT2D eigenvalue weighted by Gasteiger charge is -2.54. The van der Waals surface area contributed by atoms with Crippen molar-refractivity contribution in [2.45, 2.75) is 31.0 Å². The number of phenols is 1. The minimum atomic E-state index is -5.18.